The Labute approximate surface area is 454 Å². The van der Waals surface area contributed by atoms with Crippen molar-refractivity contribution in [2.45, 2.75) is 333 Å². The van der Waals surface area contributed by atoms with E-state index in [9.17, 15) is 38.2 Å². The Balaban J connectivity index is 2.36. The molecule has 1 amide bonds. The van der Waals surface area contributed by atoms with Crippen molar-refractivity contribution in [1.29, 1.82) is 0 Å². The first kappa shape index (κ1) is 70.3. The van der Waals surface area contributed by atoms with Crippen LogP contribution in [0.2, 0.25) is 0 Å². The summed E-state index contributed by atoms with van der Waals surface area (Å²) in [4.78, 5) is 13.1. The van der Waals surface area contributed by atoms with Gasteiger partial charge in [-0.05, 0) is 51.4 Å². The molecular weight excluding hydrogens is 955 g/mol. The Morgan fingerprint density at radius 3 is 1.28 bits per heavy atom. The predicted molar refractivity (Wildman–Crippen MR) is 305 cm³/mol. The van der Waals surface area contributed by atoms with E-state index in [1.165, 1.54) is 205 Å². The zero-order valence-electron chi connectivity index (χ0n) is 47.4. The molecule has 0 spiro atoms. The van der Waals surface area contributed by atoms with Gasteiger partial charge >= 0.3 is 10.4 Å². The minimum atomic E-state index is -5.09. The fraction of sp³-hybridized carbons (Fsp3) is 0.885. The van der Waals surface area contributed by atoms with E-state index in [-0.39, 0.29) is 18.9 Å². The van der Waals surface area contributed by atoms with Gasteiger partial charge in [0.05, 0.1) is 25.4 Å². The van der Waals surface area contributed by atoms with Crippen molar-refractivity contribution in [1.82, 2.24) is 5.32 Å². The van der Waals surface area contributed by atoms with Gasteiger partial charge < -0.3 is 35.2 Å². The van der Waals surface area contributed by atoms with Crippen LogP contribution in [0.25, 0.3) is 0 Å². The summed E-state index contributed by atoms with van der Waals surface area (Å²) in [7, 11) is -5.09. The average Bonchev–Trinajstić information content (AvgIpc) is 3.38. The third kappa shape index (κ3) is 42.4. The molecule has 6 N–H and O–H groups in total. The van der Waals surface area contributed by atoms with Gasteiger partial charge in [0.1, 0.15) is 24.4 Å². The molecule has 1 aliphatic rings. The Morgan fingerprint density at radius 1 is 0.541 bits per heavy atom. The number of hydrogen-bond acceptors (Lipinski definition) is 10. The van der Waals surface area contributed by atoms with Crippen molar-refractivity contribution in [3.05, 3.63) is 36.5 Å². The van der Waals surface area contributed by atoms with Crippen molar-refractivity contribution >= 4 is 16.3 Å². The van der Waals surface area contributed by atoms with Gasteiger partial charge in [0.25, 0.3) is 0 Å². The van der Waals surface area contributed by atoms with E-state index in [0.717, 1.165) is 57.8 Å². The summed E-state index contributed by atoms with van der Waals surface area (Å²) < 4.78 is 47.9. The topological polar surface area (TPSA) is 192 Å². The summed E-state index contributed by atoms with van der Waals surface area (Å²) in [6.07, 6.45) is 56.2. The summed E-state index contributed by atoms with van der Waals surface area (Å²) >= 11 is 0. The Kier molecular flexibility index (Phi) is 48.3. The van der Waals surface area contributed by atoms with E-state index in [0.29, 0.717) is 6.42 Å². The summed E-state index contributed by atoms with van der Waals surface area (Å²) in [6, 6.07) is -0.950. The predicted octanol–water partition coefficient (Wildman–Crippen LogP) is 15.0. The quantitative estimate of drug-likeness (QED) is 0.0193. The molecule has 436 valence electrons. The second-order valence-corrected chi connectivity index (χ2v) is 22.7. The van der Waals surface area contributed by atoms with Crippen molar-refractivity contribution in [3.8, 4) is 0 Å². The van der Waals surface area contributed by atoms with Crippen molar-refractivity contribution in [2.75, 3.05) is 13.2 Å². The number of ether oxygens (including phenoxy) is 2. The molecule has 13 heteroatoms. The molecule has 1 heterocycles. The fourth-order valence-corrected chi connectivity index (χ4v) is 10.4. The van der Waals surface area contributed by atoms with Gasteiger partial charge in [-0.15, -0.1) is 0 Å². The summed E-state index contributed by atoms with van der Waals surface area (Å²) in [6.45, 7) is 3.43. The molecule has 0 aromatic heterocycles. The van der Waals surface area contributed by atoms with Crippen LogP contribution in [0.3, 0.4) is 0 Å². The number of carbonyl (C=O) groups excluding carboxylic acids is 1. The van der Waals surface area contributed by atoms with E-state index in [4.69, 9.17) is 9.47 Å². The number of aliphatic hydroxyl groups is 4. The van der Waals surface area contributed by atoms with E-state index < -0.39 is 59.9 Å². The second-order valence-electron chi connectivity index (χ2n) is 21.6. The molecule has 74 heavy (non-hydrogen) atoms. The smallest absolute Gasteiger partial charge is 0.394 e. The van der Waals surface area contributed by atoms with Crippen LogP contribution in [0.5, 0.6) is 0 Å². The molecule has 0 aromatic rings. The van der Waals surface area contributed by atoms with Crippen molar-refractivity contribution in [3.63, 3.8) is 0 Å². The largest absolute Gasteiger partial charge is 0.397 e. The maximum Gasteiger partial charge on any atom is 0.397 e. The van der Waals surface area contributed by atoms with Gasteiger partial charge in [-0.1, -0.05) is 269 Å². The average molecular weight is 1070 g/mol. The van der Waals surface area contributed by atoms with E-state index >= 15 is 0 Å². The monoisotopic (exact) mass is 1070 g/mol. The number of allylic oxidation sites excluding steroid dienone is 5. The lowest BCUT2D eigenvalue weighted by Crippen LogP contribution is -2.61. The highest BCUT2D eigenvalue weighted by atomic mass is 32.3. The number of rotatable bonds is 54. The molecule has 0 aliphatic carbocycles. The van der Waals surface area contributed by atoms with Crippen LogP contribution < -0.4 is 5.32 Å². The van der Waals surface area contributed by atoms with E-state index in [1.54, 1.807) is 6.08 Å². The minimum absolute atomic E-state index is 0.260. The van der Waals surface area contributed by atoms with Gasteiger partial charge in [0.15, 0.2) is 6.29 Å². The Morgan fingerprint density at radius 2 is 0.905 bits per heavy atom. The van der Waals surface area contributed by atoms with Gasteiger partial charge in [-0.3, -0.25) is 9.35 Å². The van der Waals surface area contributed by atoms with E-state index in [2.05, 4.69) is 47.7 Å². The third-order valence-corrected chi connectivity index (χ3v) is 15.1. The van der Waals surface area contributed by atoms with Crippen LogP contribution in [0.4, 0.5) is 0 Å². The van der Waals surface area contributed by atoms with Gasteiger partial charge in [0.2, 0.25) is 5.91 Å². The van der Waals surface area contributed by atoms with Crippen molar-refractivity contribution in [2.24, 2.45) is 0 Å². The fourth-order valence-electron chi connectivity index (χ4n) is 9.90. The summed E-state index contributed by atoms with van der Waals surface area (Å²) in [5.41, 5.74) is 0. The third-order valence-electron chi connectivity index (χ3n) is 14.7. The molecule has 0 radical (unpaired) electrons. The Bertz CT molecular complexity index is 1440. The molecule has 1 rings (SSSR count). The SMILES string of the molecule is CCCCCCCCCCC/C=C\C/C=C\CCCCCCCCCC(=O)NC(COC1OC(CO)C(O)C(OS(=O)(=O)O)C1O)C(O)/C=C/CCCCCCCCCCCCCCCCCCCCCCCC. The maximum absolute atomic E-state index is 13.1. The molecular formula is C61H115NO11S. The first-order chi connectivity index (χ1) is 36.0. The standard InChI is InChI=1S/C61H115NO11S/c1-3-5-7-9-11-13-15-17-19-21-23-25-27-29-30-32-34-36-38-40-42-44-46-48-50-55(64)54(53-71-61-59(67)60(73-74(68,69)70)58(66)56(52-63)72-61)62-57(65)51-49-47-45-43-41-39-37-35-33-31-28-26-24-22-20-18-16-14-12-10-8-6-4-2/h24,26,31,33,48,50,54-56,58-61,63-64,66-67H,3-23,25,27-30,32,34-47,49,51-53H2,1-2H3,(H,62,65)(H,68,69,70)/b26-24-,33-31-,50-48+. The number of nitrogens with one attached hydrogen (secondary N) is 1. The van der Waals surface area contributed by atoms with Crippen LogP contribution in [0.15, 0.2) is 36.5 Å². The molecule has 1 aliphatic heterocycles. The zero-order valence-corrected chi connectivity index (χ0v) is 48.2. The number of carbonyl (C=O) groups is 1. The van der Waals surface area contributed by atoms with Crippen LogP contribution in [0, 0.1) is 0 Å². The zero-order chi connectivity index (χ0) is 54.0. The lowest BCUT2D eigenvalue weighted by atomic mass is 9.99. The molecule has 0 saturated carbocycles. The highest BCUT2D eigenvalue weighted by molar-refractivity contribution is 7.80. The molecule has 1 saturated heterocycles. The Hall–Kier alpha value is -1.68. The normalized spacial score (nSPS) is 19.4. The lowest BCUT2D eigenvalue weighted by molar-refractivity contribution is -0.298. The summed E-state index contributed by atoms with van der Waals surface area (Å²) in [5, 5.41) is 45.0. The molecule has 12 nitrogen and oxygen atoms in total. The molecule has 0 bridgehead atoms. The summed E-state index contributed by atoms with van der Waals surface area (Å²) in [5.74, 6) is -0.267. The highest BCUT2D eigenvalue weighted by Crippen LogP contribution is 2.26. The number of unbranched alkanes of at least 4 members (excludes halogenated alkanes) is 38. The minimum Gasteiger partial charge on any atom is -0.394 e. The van der Waals surface area contributed by atoms with Gasteiger partial charge in [-0.2, -0.15) is 8.42 Å². The molecule has 1 fully saturated rings. The highest BCUT2D eigenvalue weighted by Gasteiger charge is 2.48. The molecule has 0 aromatic carbocycles. The lowest BCUT2D eigenvalue weighted by Gasteiger charge is -2.41. The first-order valence-corrected chi connectivity index (χ1v) is 32.2. The van der Waals surface area contributed by atoms with Crippen LogP contribution in [0.1, 0.15) is 290 Å². The molecule has 7 unspecified atom stereocenters. The first-order valence-electron chi connectivity index (χ1n) is 30.9. The number of amides is 1. The van der Waals surface area contributed by atoms with Crippen LogP contribution >= 0.6 is 0 Å². The maximum atomic E-state index is 13.1. The van der Waals surface area contributed by atoms with Crippen LogP contribution in [-0.2, 0) is 28.9 Å². The van der Waals surface area contributed by atoms with Crippen molar-refractivity contribution < 1.29 is 51.8 Å². The van der Waals surface area contributed by atoms with E-state index in [1.807, 2.05) is 6.08 Å². The van der Waals surface area contributed by atoms with Gasteiger partial charge in [0, 0.05) is 6.42 Å². The molecule has 7 atom stereocenters. The van der Waals surface area contributed by atoms with Gasteiger partial charge in [-0.25, -0.2) is 4.18 Å². The number of aliphatic hydroxyl groups excluding tert-OH is 4. The second kappa shape index (κ2) is 50.8. The van der Waals surface area contributed by atoms with Crippen LogP contribution in [-0.4, -0.2) is 95.4 Å². The number of hydrogen-bond donors (Lipinski definition) is 6.